The van der Waals surface area contributed by atoms with Gasteiger partial charge in [0.1, 0.15) is 17.0 Å². The largest absolute Gasteiger partial charge is 0.478 e. The highest BCUT2D eigenvalue weighted by Crippen LogP contribution is 2.17. The topological polar surface area (TPSA) is 88.5 Å². The van der Waals surface area contributed by atoms with Crippen LogP contribution in [0, 0.1) is 6.92 Å². The van der Waals surface area contributed by atoms with Crippen LogP contribution in [-0.4, -0.2) is 27.8 Å². The monoisotopic (exact) mass is 252 g/mol. The van der Waals surface area contributed by atoms with Crippen molar-refractivity contribution in [3.63, 3.8) is 0 Å². The molecule has 2 N–H and O–H groups in total. The van der Waals surface area contributed by atoms with Gasteiger partial charge in [0.15, 0.2) is 0 Å². The Morgan fingerprint density at radius 1 is 1.39 bits per heavy atom. The molecule has 1 aromatic heterocycles. The van der Waals surface area contributed by atoms with Crippen LogP contribution in [0.1, 0.15) is 36.7 Å². The van der Waals surface area contributed by atoms with Crippen molar-refractivity contribution < 1.29 is 19.4 Å². The van der Waals surface area contributed by atoms with Crippen LogP contribution in [0.5, 0.6) is 0 Å². The molecule has 0 unspecified atom stereocenters. The third-order valence-electron chi connectivity index (χ3n) is 1.99. The van der Waals surface area contributed by atoms with Crippen molar-refractivity contribution in [3.8, 4) is 0 Å². The van der Waals surface area contributed by atoms with Crippen molar-refractivity contribution in [2.75, 3.05) is 5.32 Å². The van der Waals surface area contributed by atoms with Gasteiger partial charge in [-0.05, 0) is 39.3 Å². The Labute approximate surface area is 105 Å². The minimum Gasteiger partial charge on any atom is -0.478 e. The molecule has 1 aromatic rings. The molecule has 0 saturated carbocycles. The van der Waals surface area contributed by atoms with Gasteiger partial charge in [0, 0.05) is 6.20 Å². The van der Waals surface area contributed by atoms with Gasteiger partial charge in [0.25, 0.3) is 0 Å². The first kappa shape index (κ1) is 14.0. The number of anilines is 1. The lowest BCUT2D eigenvalue weighted by molar-refractivity contribution is 0.0635. The third kappa shape index (κ3) is 3.73. The van der Waals surface area contributed by atoms with E-state index in [2.05, 4.69) is 10.3 Å². The summed E-state index contributed by atoms with van der Waals surface area (Å²) in [5.41, 5.74) is -0.177. The lowest BCUT2D eigenvalue weighted by Crippen LogP contribution is -2.28. The van der Waals surface area contributed by atoms with E-state index >= 15 is 0 Å². The summed E-state index contributed by atoms with van der Waals surface area (Å²) < 4.78 is 5.03. The van der Waals surface area contributed by atoms with Gasteiger partial charge in [-0.1, -0.05) is 0 Å². The molecule has 18 heavy (non-hydrogen) atoms. The summed E-state index contributed by atoms with van der Waals surface area (Å²) in [7, 11) is 0. The van der Waals surface area contributed by atoms with E-state index in [1.165, 1.54) is 6.20 Å². The number of nitrogens with one attached hydrogen (secondary N) is 1. The molecule has 0 aromatic carbocycles. The molecular formula is C12H16N2O4. The van der Waals surface area contributed by atoms with E-state index < -0.39 is 17.7 Å². The van der Waals surface area contributed by atoms with Crippen molar-refractivity contribution in [3.05, 3.63) is 23.4 Å². The highest BCUT2D eigenvalue weighted by molar-refractivity contribution is 5.98. The first-order chi connectivity index (χ1) is 8.20. The number of carboxylic acid groups (broad SMARTS) is 1. The average molecular weight is 252 g/mol. The number of carbonyl (C=O) groups excluding carboxylic acids is 1. The summed E-state index contributed by atoms with van der Waals surface area (Å²) >= 11 is 0. The van der Waals surface area contributed by atoms with Crippen molar-refractivity contribution in [1.29, 1.82) is 0 Å². The van der Waals surface area contributed by atoms with Gasteiger partial charge in [0.2, 0.25) is 0 Å². The summed E-state index contributed by atoms with van der Waals surface area (Å²) in [4.78, 5) is 26.5. The molecule has 1 amide bonds. The van der Waals surface area contributed by atoms with Crippen LogP contribution < -0.4 is 5.32 Å². The van der Waals surface area contributed by atoms with Gasteiger partial charge in [-0.2, -0.15) is 0 Å². The molecule has 0 fully saturated rings. The second-order valence-electron chi connectivity index (χ2n) is 4.78. The zero-order valence-electron chi connectivity index (χ0n) is 10.8. The molecule has 0 spiro atoms. The quantitative estimate of drug-likeness (QED) is 0.843. The summed E-state index contributed by atoms with van der Waals surface area (Å²) in [5, 5.41) is 11.4. The van der Waals surface area contributed by atoms with E-state index in [9.17, 15) is 9.59 Å². The molecule has 6 nitrogen and oxygen atoms in total. The van der Waals surface area contributed by atoms with Crippen molar-refractivity contribution in [2.45, 2.75) is 33.3 Å². The average Bonchev–Trinajstić information content (AvgIpc) is 2.13. The fraction of sp³-hybridized carbons (Fsp3) is 0.417. The number of carbonyl (C=O) groups is 2. The first-order valence-corrected chi connectivity index (χ1v) is 5.39. The number of ether oxygens (including phenoxy) is 1. The minimum absolute atomic E-state index is 0.0169. The van der Waals surface area contributed by atoms with Crippen LogP contribution in [0.15, 0.2) is 12.3 Å². The molecule has 0 bridgehead atoms. The summed E-state index contributed by atoms with van der Waals surface area (Å²) in [5.74, 6) is -1.16. The predicted octanol–water partition coefficient (Wildman–Crippen LogP) is 2.44. The molecule has 0 aliphatic rings. The van der Waals surface area contributed by atoms with Crippen LogP contribution >= 0.6 is 0 Å². The maximum absolute atomic E-state index is 11.5. The van der Waals surface area contributed by atoms with Crippen molar-refractivity contribution >= 4 is 17.9 Å². The predicted molar refractivity (Wildman–Crippen MR) is 65.8 cm³/mol. The number of aryl methyl sites for hydroxylation is 1. The number of carboxylic acids is 1. The Balaban J connectivity index is 2.95. The number of hydrogen-bond donors (Lipinski definition) is 2. The number of aromatic carboxylic acids is 1. The number of pyridine rings is 1. The number of rotatable bonds is 2. The SMILES string of the molecule is Cc1ccnc(NC(=O)OC(C)(C)C)c1C(=O)O. The van der Waals surface area contributed by atoms with Gasteiger partial charge in [-0.3, -0.25) is 5.32 Å². The lowest BCUT2D eigenvalue weighted by Gasteiger charge is -2.19. The van der Waals surface area contributed by atoms with Crippen molar-refractivity contribution in [1.82, 2.24) is 4.98 Å². The van der Waals surface area contributed by atoms with E-state index in [4.69, 9.17) is 9.84 Å². The molecule has 0 atom stereocenters. The number of nitrogens with zero attached hydrogens (tertiary/aromatic N) is 1. The molecular weight excluding hydrogens is 236 g/mol. The van der Waals surface area contributed by atoms with E-state index in [1.54, 1.807) is 33.8 Å². The van der Waals surface area contributed by atoms with E-state index in [-0.39, 0.29) is 11.4 Å². The molecule has 1 heterocycles. The van der Waals surface area contributed by atoms with Gasteiger partial charge < -0.3 is 9.84 Å². The molecule has 0 aliphatic carbocycles. The standard InChI is InChI=1S/C12H16N2O4/c1-7-5-6-13-9(8(7)10(15)16)14-11(17)18-12(2,3)4/h5-6H,1-4H3,(H,15,16)(H,13,14,17). The van der Waals surface area contributed by atoms with E-state index in [0.717, 1.165) is 0 Å². The highest BCUT2D eigenvalue weighted by atomic mass is 16.6. The zero-order chi connectivity index (χ0) is 13.9. The molecule has 98 valence electrons. The Bertz CT molecular complexity index is 477. The van der Waals surface area contributed by atoms with Crippen molar-refractivity contribution in [2.24, 2.45) is 0 Å². The van der Waals surface area contributed by atoms with Gasteiger partial charge in [0.05, 0.1) is 0 Å². The number of amides is 1. The lowest BCUT2D eigenvalue weighted by atomic mass is 10.1. The Hall–Kier alpha value is -2.11. The fourth-order valence-corrected chi connectivity index (χ4v) is 1.32. The third-order valence-corrected chi connectivity index (χ3v) is 1.99. The smallest absolute Gasteiger partial charge is 0.413 e. The normalized spacial score (nSPS) is 10.9. The molecule has 0 saturated heterocycles. The van der Waals surface area contributed by atoms with Gasteiger partial charge in [-0.15, -0.1) is 0 Å². The Morgan fingerprint density at radius 3 is 2.50 bits per heavy atom. The van der Waals surface area contributed by atoms with Crippen LogP contribution in [0.3, 0.4) is 0 Å². The molecule has 0 aliphatic heterocycles. The zero-order valence-corrected chi connectivity index (χ0v) is 10.8. The second kappa shape index (κ2) is 5.03. The summed E-state index contributed by atoms with van der Waals surface area (Å²) in [6.07, 6.45) is 0.692. The van der Waals surface area contributed by atoms with Crippen LogP contribution in [-0.2, 0) is 4.74 Å². The number of aromatic nitrogens is 1. The minimum atomic E-state index is -1.15. The van der Waals surface area contributed by atoms with E-state index in [1.807, 2.05) is 0 Å². The number of hydrogen-bond acceptors (Lipinski definition) is 4. The summed E-state index contributed by atoms with van der Waals surface area (Å²) in [6, 6.07) is 1.56. The van der Waals surface area contributed by atoms with Crippen LogP contribution in [0.2, 0.25) is 0 Å². The Morgan fingerprint density at radius 2 is 2.00 bits per heavy atom. The second-order valence-corrected chi connectivity index (χ2v) is 4.78. The maximum atomic E-state index is 11.5. The van der Waals surface area contributed by atoms with Crippen LogP contribution in [0.4, 0.5) is 10.6 Å². The molecule has 0 radical (unpaired) electrons. The summed E-state index contributed by atoms with van der Waals surface area (Å²) in [6.45, 7) is 6.78. The van der Waals surface area contributed by atoms with Gasteiger partial charge >= 0.3 is 12.1 Å². The Kier molecular flexibility index (Phi) is 3.90. The highest BCUT2D eigenvalue weighted by Gasteiger charge is 2.20. The van der Waals surface area contributed by atoms with Gasteiger partial charge in [-0.25, -0.2) is 14.6 Å². The fourth-order valence-electron chi connectivity index (χ4n) is 1.32. The molecule has 1 rings (SSSR count). The maximum Gasteiger partial charge on any atom is 0.413 e. The van der Waals surface area contributed by atoms with Crippen LogP contribution in [0.25, 0.3) is 0 Å². The molecule has 6 heteroatoms. The first-order valence-electron chi connectivity index (χ1n) is 5.39. The van der Waals surface area contributed by atoms with E-state index in [0.29, 0.717) is 5.56 Å².